The number of sulfonamides is 1. The van der Waals surface area contributed by atoms with Gasteiger partial charge in [0.05, 0.1) is 11.5 Å². The van der Waals surface area contributed by atoms with Crippen molar-refractivity contribution >= 4 is 21.6 Å². The van der Waals surface area contributed by atoms with Crippen molar-refractivity contribution in [2.75, 3.05) is 19.7 Å². The highest BCUT2D eigenvalue weighted by Gasteiger charge is 2.24. The third-order valence-electron chi connectivity index (χ3n) is 2.58. The smallest absolute Gasteiger partial charge is 0.266 e. The Kier molecular flexibility index (Phi) is 5.99. The van der Waals surface area contributed by atoms with Crippen molar-refractivity contribution in [1.82, 2.24) is 9.29 Å². The molecule has 0 atom stereocenters. The average Bonchev–Trinajstić information content (AvgIpc) is 2.37. The second-order valence-electron chi connectivity index (χ2n) is 3.99. The number of halogens is 1. The molecule has 0 bridgehead atoms. The predicted octanol–water partition coefficient (Wildman–Crippen LogP) is 0.811. The molecule has 8 heteroatoms. The van der Waals surface area contributed by atoms with Crippen molar-refractivity contribution in [2.45, 2.75) is 24.7 Å². The topological polar surface area (TPSA) is 90.5 Å². The molecule has 0 aliphatic heterocycles. The predicted molar refractivity (Wildman–Crippen MR) is 72.8 cm³/mol. The van der Waals surface area contributed by atoms with Crippen LogP contribution in [0.4, 0.5) is 0 Å². The van der Waals surface area contributed by atoms with Gasteiger partial charge in [0.15, 0.2) is 0 Å². The molecule has 0 saturated carbocycles. The van der Waals surface area contributed by atoms with Gasteiger partial charge in [-0.15, -0.1) is 0 Å². The largest absolute Gasteiger partial charge is 0.395 e. The van der Waals surface area contributed by atoms with Crippen LogP contribution >= 0.6 is 11.6 Å². The van der Waals surface area contributed by atoms with Gasteiger partial charge in [0.1, 0.15) is 5.02 Å². The number of nitrogens with zero attached hydrogens (tertiary/aromatic N) is 1. The van der Waals surface area contributed by atoms with E-state index in [0.717, 1.165) is 18.7 Å². The molecule has 0 amide bonds. The molecule has 19 heavy (non-hydrogen) atoms. The van der Waals surface area contributed by atoms with Crippen molar-refractivity contribution in [3.63, 3.8) is 0 Å². The number of hydrogen-bond donors (Lipinski definition) is 2. The minimum absolute atomic E-state index is 0.0130. The van der Waals surface area contributed by atoms with E-state index >= 15 is 0 Å². The van der Waals surface area contributed by atoms with E-state index < -0.39 is 15.6 Å². The average molecular weight is 309 g/mol. The van der Waals surface area contributed by atoms with Gasteiger partial charge in [0.2, 0.25) is 10.0 Å². The lowest BCUT2D eigenvalue weighted by Gasteiger charge is -2.20. The number of rotatable bonds is 7. The molecule has 0 aromatic carbocycles. The fourth-order valence-electron chi connectivity index (χ4n) is 1.53. The molecule has 1 heterocycles. The maximum atomic E-state index is 12.3. The third-order valence-corrected chi connectivity index (χ3v) is 4.74. The highest BCUT2D eigenvalue weighted by atomic mass is 35.5. The van der Waals surface area contributed by atoms with Crippen molar-refractivity contribution in [2.24, 2.45) is 0 Å². The molecule has 0 aliphatic carbocycles. The molecule has 0 saturated heterocycles. The van der Waals surface area contributed by atoms with Crippen molar-refractivity contribution in [3.8, 4) is 0 Å². The zero-order chi connectivity index (χ0) is 14.5. The maximum absolute atomic E-state index is 12.3. The first-order chi connectivity index (χ1) is 8.93. The SMILES string of the molecule is CCCCN(CCO)S(=O)(=O)c1c[nH]c(=O)c(Cl)c1. The Morgan fingerprint density at radius 2 is 2.11 bits per heavy atom. The first-order valence-corrected chi connectivity index (χ1v) is 7.74. The van der Waals surface area contributed by atoms with Crippen LogP contribution in [0.15, 0.2) is 22.0 Å². The van der Waals surface area contributed by atoms with Crippen LogP contribution in [0.25, 0.3) is 0 Å². The summed E-state index contributed by atoms with van der Waals surface area (Å²) in [6, 6.07) is 1.12. The summed E-state index contributed by atoms with van der Waals surface area (Å²) in [7, 11) is -3.76. The summed E-state index contributed by atoms with van der Waals surface area (Å²) in [5.41, 5.74) is -0.539. The van der Waals surface area contributed by atoms with Gasteiger partial charge in [-0.2, -0.15) is 4.31 Å². The highest BCUT2D eigenvalue weighted by molar-refractivity contribution is 7.89. The zero-order valence-corrected chi connectivity index (χ0v) is 12.2. The van der Waals surface area contributed by atoms with Crippen molar-refractivity contribution < 1.29 is 13.5 Å². The number of aromatic amines is 1. The highest BCUT2D eigenvalue weighted by Crippen LogP contribution is 2.16. The van der Waals surface area contributed by atoms with Gasteiger partial charge in [-0.25, -0.2) is 8.42 Å². The minimum atomic E-state index is -3.76. The van der Waals surface area contributed by atoms with E-state index in [-0.39, 0.29) is 23.1 Å². The van der Waals surface area contributed by atoms with Gasteiger partial charge in [-0.05, 0) is 12.5 Å². The Bertz CT molecular complexity index is 570. The molecule has 1 aromatic heterocycles. The normalized spacial score (nSPS) is 12.0. The first-order valence-electron chi connectivity index (χ1n) is 5.92. The Morgan fingerprint density at radius 3 is 2.63 bits per heavy atom. The molecule has 0 spiro atoms. The summed E-state index contributed by atoms with van der Waals surface area (Å²) in [6.07, 6.45) is 2.64. The van der Waals surface area contributed by atoms with Crippen LogP contribution in [0, 0.1) is 0 Å². The molecular weight excluding hydrogens is 292 g/mol. The van der Waals surface area contributed by atoms with Gasteiger partial charge in [0.25, 0.3) is 5.56 Å². The summed E-state index contributed by atoms with van der Waals surface area (Å²) in [6.45, 7) is 2.01. The summed E-state index contributed by atoms with van der Waals surface area (Å²) in [5, 5.41) is 8.77. The van der Waals surface area contributed by atoms with E-state index in [4.69, 9.17) is 16.7 Å². The number of unbranched alkanes of at least 4 members (excludes halogenated alkanes) is 1. The molecule has 6 nitrogen and oxygen atoms in total. The Hall–Kier alpha value is -0.890. The number of nitrogens with one attached hydrogen (secondary N) is 1. The standard InChI is InChI=1S/C11H17ClN2O4S/c1-2-3-4-14(5-6-15)19(17,18)9-7-10(12)11(16)13-8-9/h7-8,15H,2-6H2,1H3,(H,13,16). The van der Waals surface area contributed by atoms with E-state index in [9.17, 15) is 13.2 Å². The van der Waals surface area contributed by atoms with E-state index in [1.54, 1.807) is 0 Å². The van der Waals surface area contributed by atoms with E-state index in [1.165, 1.54) is 4.31 Å². The zero-order valence-electron chi connectivity index (χ0n) is 10.6. The lowest BCUT2D eigenvalue weighted by molar-refractivity contribution is 0.252. The number of H-pyrrole nitrogens is 1. The summed E-state index contributed by atoms with van der Waals surface area (Å²) in [5.74, 6) is 0. The number of aliphatic hydroxyl groups is 1. The van der Waals surface area contributed by atoms with E-state index in [0.29, 0.717) is 13.0 Å². The van der Waals surface area contributed by atoms with Crippen LogP contribution in [0.2, 0.25) is 5.02 Å². The molecule has 0 radical (unpaired) electrons. The molecule has 0 unspecified atom stereocenters. The van der Waals surface area contributed by atoms with Crippen LogP contribution in [0.1, 0.15) is 19.8 Å². The summed E-state index contributed by atoms with van der Waals surface area (Å²) < 4.78 is 25.8. The summed E-state index contributed by atoms with van der Waals surface area (Å²) in [4.78, 5) is 13.3. The molecule has 0 fully saturated rings. The monoisotopic (exact) mass is 308 g/mol. The number of aromatic nitrogens is 1. The third kappa shape index (κ3) is 4.04. The fraction of sp³-hybridized carbons (Fsp3) is 0.545. The van der Waals surface area contributed by atoms with E-state index in [1.807, 2.05) is 6.92 Å². The number of hydrogen-bond acceptors (Lipinski definition) is 4. The van der Waals surface area contributed by atoms with Crippen LogP contribution in [-0.4, -0.2) is 42.5 Å². The van der Waals surface area contributed by atoms with Gasteiger partial charge < -0.3 is 10.1 Å². The second-order valence-corrected chi connectivity index (χ2v) is 6.34. The van der Waals surface area contributed by atoms with Crippen LogP contribution in [-0.2, 0) is 10.0 Å². The van der Waals surface area contributed by atoms with Crippen LogP contribution < -0.4 is 5.56 Å². The first kappa shape index (κ1) is 16.2. The van der Waals surface area contributed by atoms with Gasteiger partial charge in [-0.1, -0.05) is 24.9 Å². The van der Waals surface area contributed by atoms with Gasteiger partial charge in [0, 0.05) is 19.3 Å². The maximum Gasteiger partial charge on any atom is 0.266 e. The van der Waals surface area contributed by atoms with Crippen molar-refractivity contribution in [3.05, 3.63) is 27.6 Å². The van der Waals surface area contributed by atoms with Crippen LogP contribution in [0.3, 0.4) is 0 Å². The van der Waals surface area contributed by atoms with Crippen molar-refractivity contribution in [1.29, 1.82) is 0 Å². The lowest BCUT2D eigenvalue weighted by atomic mass is 10.3. The van der Waals surface area contributed by atoms with Gasteiger partial charge >= 0.3 is 0 Å². The lowest BCUT2D eigenvalue weighted by Crippen LogP contribution is -2.34. The quantitative estimate of drug-likeness (QED) is 0.780. The summed E-state index contributed by atoms with van der Waals surface area (Å²) >= 11 is 5.63. The molecule has 108 valence electrons. The Labute approximate surface area is 117 Å². The molecule has 1 aromatic rings. The second kappa shape index (κ2) is 7.04. The molecule has 0 aliphatic rings. The molecule has 1 rings (SSSR count). The number of pyridine rings is 1. The Balaban J connectivity index is 3.10. The van der Waals surface area contributed by atoms with Crippen LogP contribution in [0.5, 0.6) is 0 Å². The van der Waals surface area contributed by atoms with E-state index in [2.05, 4.69) is 4.98 Å². The molecular formula is C11H17ClN2O4S. The number of aliphatic hydroxyl groups excluding tert-OH is 1. The minimum Gasteiger partial charge on any atom is -0.395 e. The van der Waals surface area contributed by atoms with Gasteiger partial charge in [-0.3, -0.25) is 4.79 Å². The molecule has 2 N–H and O–H groups in total. The fourth-order valence-corrected chi connectivity index (χ4v) is 3.23. The Morgan fingerprint density at radius 1 is 1.42 bits per heavy atom.